The third-order valence-electron chi connectivity index (χ3n) is 8.44. The molecule has 5 rings (SSSR count). The second-order valence-electron chi connectivity index (χ2n) is 12.7. The Morgan fingerprint density at radius 3 is 2.38 bits per heavy atom. The summed E-state index contributed by atoms with van der Waals surface area (Å²) in [5, 5.41) is 2.97. The zero-order valence-corrected chi connectivity index (χ0v) is 25.0. The third-order valence-corrected chi connectivity index (χ3v) is 10.0. The Hall–Kier alpha value is -3.00. The van der Waals surface area contributed by atoms with Crippen LogP contribution in [0.3, 0.4) is 0 Å². The highest BCUT2D eigenvalue weighted by Crippen LogP contribution is 2.51. The first-order valence-corrected chi connectivity index (χ1v) is 15.4. The van der Waals surface area contributed by atoms with Crippen molar-refractivity contribution >= 4 is 35.3 Å². The summed E-state index contributed by atoms with van der Waals surface area (Å²) >= 11 is 1.61. The van der Waals surface area contributed by atoms with Gasteiger partial charge in [-0.2, -0.15) is 0 Å². The number of benzene rings is 2. The minimum atomic E-state index is -0.803. The molecule has 214 valence electrons. The molecular weight excluding hydrogens is 520 g/mol. The number of carbonyl (C=O) groups excluding carboxylic acids is 3. The molecule has 0 aromatic heterocycles. The van der Waals surface area contributed by atoms with Gasteiger partial charge < -0.3 is 20.0 Å². The molecule has 0 radical (unpaired) electrons. The molecule has 0 spiro atoms. The quantitative estimate of drug-likeness (QED) is 0.474. The van der Waals surface area contributed by atoms with Gasteiger partial charge in [-0.15, -0.1) is 11.8 Å². The molecule has 8 heteroatoms. The Balaban J connectivity index is 1.21. The fourth-order valence-electron chi connectivity index (χ4n) is 5.99. The van der Waals surface area contributed by atoms with Crippen molar-refractivity contribution < 1.29 is 14.4 Å². The first kappa shape index (κ1) is 28.5. The van der Waals surface area contributed by atoms with Gasteiger partial charge in [-0.05, 0) is 55.2 Å². The molecule has 2 aromatic rings. The summed E-state index contributed by atoms with van der Waals surface area (Å²) in [6.07, 6.45) is 3.40. The van der Waals surface area contributed by atoms with E-state index in [1.54, 1.807) is 11.8 Å². The number of rotatable bonds is 6. The molecule has 0 bridgehead atoms. The fraction of sp³-hybridized carbons (Fsp3) is 0.531. The molecule has 2 aromatic carbocycles. The van der Waals surface area contributed by atoms with Crippen LogP contribution in [0.5, 0.6) is 0 Å². The van der Waals surface area contributed by atoms with Crippen molar-refractivity contribution in [2.75, 3.05) is 31.5 Å². The number of nitrogens with one attached hydrogen (secondary N) is 1. The standard InChI is InChI=1S/C32H42N4O3S/c1-31(2,3)17-21-36-28(24-11-6-5-7-12-24)40-32(4,29(36)38)22-27(37)34-18-15-25(16-19-34)35-20-14-23-10-8-9-13-26(23)33-30(35)39/h5-13,25,28H,14-22H2,1-4H3,(H,33,39)/t28-,32+/m0/s1. The van der Waals surface area contributed by atoms with Gasteiger partial charge in [0.15, 0.2) is 0 Å². The number of para-hydroxylation sites is 1. The molecule has 3 aliphatic heterocycles. The number of piperidine rings is 1. The summed E-state index contributed by atoms with van der Waals surface area (Å²) in [5.41, 5.74) is 3.26. The van der Waals surface area contributed by atoms with E-state index in [0.717, 1.165) is 42.5 Å². The normalized spacial score (nSPS) is 24.1. The van der Waals surface area contributed by atoms with E-state index < -0.39 is 4.75 Å². The molecule has 2 fully saturated rings. The number of nitrogens with zero attached hydrogens (tertiary/aromatic N) is 3. The van der Waals surface area contributed by atoms with Crippen LogP contribution >= 0.6 is 11.8 Å². The Morgan fingerprint density at radius 1 is 1.00 bits per heavy atom. The molecule has 0 unspecified atom stereocenters. The summed E-state index contributed by atoms with van der Waals surface area (Å²) in [6.45, 7) is 11.1. The van der Waals surface area contributed by atoms with Crippen molar-refractivity contribution in [3.8, 4) is 0 Å². The number of amides is 4. The maximum absolute atomic E-state index is 13.9. The molecule has 0 saturated carbocycles. The molecule has 40 heavy (non-hydrogen) atoms. The van der Waals surface area contributed by atoms with Crippen LogP contribution in [0.15, 0.2) is 54.6 Å². The van der Waals surface area contributed by atoms with Crippen molar-refractivity contribution in [1.29, 1.82) is 0 Å². The van der Waals surface area contributed by atoms with Crippen molar-refractivity contribution in [2.24, 2.45) is 5.41 Å². The van der Waals surface area contributed by atoms with Crippen LogP contribution < -0.4 is 5.32 Å². The van der Waals surface area contributed by atoms with Gasteiger partial charge in [-0.25, -0.2) is 4.79 Å². The van der Waals surface area contributed by atoms with Gasteiger partial charge in [0.25, 0.3) is 0 Å². The highest BCUT2D eigenvalue weighted by Gasteiger charge is 2.51. The van der Waals surface area contributed by atoms with E-state index in [2.05, 4.69) is 44.3 Å². The molecular formula is C32H42N4O3S. The van der Waals surface area contributed by atoms with Crippen LogP contribution in [-0.4, -0.2) is 69.5 Å². The molecule has 2 atom stereocenters. The summed E-state index contributed by atoms with van der Waals surface area (Å²) in [6, 6.07) is 18.2. The predicted octanol–water partition coefficient (Wildman–Crippen LogP) is 5.93. The number of thioether (sulfide) groups is 1. The van der Waals surface area contributed by atoms with Crippen molar-refractivity contribution in [3.05, 3.63) is 65.7 Å². The van der Waals surface area contributed by atoms with E-state index in [4.69, 9.17) is 0 Å². The molecule has 7 nitrogen and oxygen atoms in total. The van der Waals surface area contributed by atoms with Gasteiger partial charge in [0.1, 0.15) is 10.1 Å². The number of hydrogen-bond acceptors (Lipinski definition) is 4. The number of fused-ring (bicyclic) bond motifs is 1. The number of hydrogen-bond donors (Lipinski definition) is 1. The van der Waals surface area contributed by atoms with E-state index in [-0.39, 0.29) is 41.1 Å². The highest BCUT2D eigenvalue weighted by molar-refractivity contribution is 8.02. The lowest BCUT2D eigenvalue weighted by Gasteiger charge is -2.38. The van der Waals surface area contributed by atoms with Gasteiger partial charge in [0.2, 0.25) is 11.8 Å². The summed E-state index contributed by atoms with van der Waals surface area (Å²) in [5.74, 6) is 0.0821. The van der Waals surface area contributed by atoms with Gasteiger partial charge in [0, 0.05) is 37.9 Å². The SMILES string of the molecule is CC(C)(C)CCN1C(=O)[C@@](C)(CC(=O)N2CCC(N3CCc4ccccc4NC3=O)CC2)S[C@H]1c1ccccc1. The maximum atomic E-state index is 13.9. The van der Waals surface area contributed by atoms with Crippen molar-refractivity contribution in [3.63, 3.8) is 0 Å². The zero-order chi connectivity index (χ0) is 28.5. The summed E-state index contributed by atoms with van der Waals surface area (Å²) < 4.78 is -0.803. The zero-order valence-electron chi connectivity index (χ0n) is 24.2. The second-order valence-corrected chi connectivity index (χ2v) is 14.3. The number of anilines is 1. The van der Waals surface area contributed by atoms with E-state index in [1.807, 2.05) is 58.0 Å². The minimum Gasteiger partial charge on any atom is -0.342 e. The van der Waals surface area contributed by atoms with Gasteiger partial charge in [-0.3, -0.25) is 9.59 Å². The molecule has 4 amide bonds. The van der Waals surface area contributed by atoms with Gasteiger partial charge in [-0.1, -0.05) is 69.3 Å². The van der Waals surface area contributed by atoms with E-state index in [9.17, 15) is 14.4 Å². The topological polar surface area (TPSA) is 73.0 Å². The average Bonchev–Trinajstić information content (AvgIpc) is 3.06. The summed E-state index contributed by atoms with van der Waals surface area (Å²) in [4.78, 5) is 46.2. The monoisotopic (exact) mass is 562 g/mol. The van der Waals surface area contributed by atoms with Gasteiger partial charge >= 0.3 is 6.03 Å². The molecule has 2 saturated heterocycles. The second kappa shape index (κ2) is 11.5. The smallest absolute Gasteiger partial charge is 0.322 e. The Kier molecular flexibility index (Phi) is 8.18. The van der Waals surface area contributed by atoms with E-state index in [0.29, 0.717) is 26.2 Å². The number of urea groups is 1. The molecule has 3 aliphatic rings. The number of carbonyl (C=O) groups is 3. The predicted molar refractivity (Wildman–Crippen MR) is 161 cm³/mol. The molecule has 0 aliphatic carbocycles. The lowest BCUT2D eigenvalue weighted by molar-refractivity contribution is -0.139. The van der Waals surface area contributed by atoms with E-state index >= 15 is 0 Å². The Labute approximate surface area is 242 Å². The summed E-state index contributed by atoms with van der Waals surface area (Å²) in [7, 11) is 0. The van der Waals surface area contributed by atoms with Crippen molar-refractivity contribution in [1.82, 2.24) is 14.7 Å². The van der Waals surface area contributed by atoms with Crippen LogP contribution in [0.4, 0.5) is 10.5 Å². The maximum Gasteiger partial charge on any atom is 0.322 e. The largest absolute Gasteiger partial charge is 0.342 e. The lowest BCUT2D eigenvalue weighted by atomic mass is 9.91. The van der Waals surface area contributed by atoms with Crippen LogP contribution in [0, 0.1) is 5.41 Å². The van der Waals surface area contributed by atoms with Crippen LogP contribution in [-0.2, 0) is 16.0 Å². The first-order chi connectivity index (χ1) is 19.0. The van der Waals surface area contributed by atoms with Crippen molar-refractivity contribution in [2.45, 2.75) is 76.0 Å². The number of likely N-dealkylation sites (tertiary alicyclic amines) is 1. The molecule has 3 heterocycles. The lowest BCUT2D eigenvalue weighted by Crippen LogP contribution is -2.51. The fourth-order valence-corrected chi connectivity index (χ4v) is 7.53. The van der Waals surface area contributed by atoms with Crippen LogP contribution in [0.2, 0.25) is 0 Å². The van der Waals surface area contributed by atoms with Crippen LogP contribution in [0.1, 0.15) is 69.9 Å². The minimum absolute atomic E-state index is 0.0269. The molecule has 1 N–H and O–H groups in total. The Bertz CT molecular complexity index is 1240. The first-order valence-electron chi connectivity index (χ1n) is 14.5. The third kappa shape index (κ3) is 6.17. The Morgan fingerprint density at radius 2 is 1.68 bits per heavy atom. The van der Waals surface area contributed by atoms with Gasteiger partial charge in [0.05, 0.1) is 6.42 Å². The van der Waals surface area contributed by atoms with E-state index in [1.165, 1.54) is 0 Å². The van der Waals surface area contributed by atoms with Crippen LogP contribution in [0.25, 0.3) is 0 Å². The average molecular weight is 563 g/mol. The highest BCUT2D eigenvalue weighted by atomic mass is 32.2.